The van der Waals surface area contributed by atoms with Gasteiger partial charge in [-0.3, -0.25) is 14.4 Å². The van der Waals surface area contributed by atoms with Crippen LogP contribution in [0.3, 0.4) is 0 Å². The normalized spacial score (nSPS) is 12.6. The Balaban J connectivity index is -0.0000000596. The maximum absolute atomic E-state index is 9.00. The molecule has 0 aliphatic heterocycles. The molecule has 0 aromatic heterocycles. The summed E-state index contributed by atoms with van der Waals surface area (Å²) in [7, 11) is 23.3. The van der Waals surface area contributed by atoms with Crippen molar-refractivity contribution in [1.29, 1.82) is 0 Å². The molecule has 0 aliphatic carbocycles. The number of rotatable bonds is 21. The van der Waals surface area contributed by atoms with Crippen LogP contribution in [0.25, 0.3) is 0 Å². The zero-order valence-electron chi connectivity index (χ0n) is 42.8. The molecule has 20 nitrogen and oxygen atoms in total. The number of carbonyl (C=O) groups is 3. The minimum atomic E-state index is -0.833. The second kappa shape index (κ2) is 78.3. The number of carboxylic acid groups (broad SMARTS) is 3. The van der Waals surface area contributed by atoms with Gasteiger partial charge in [-0.2, -0.15) is 0 Å². The van der Waals surface area contributed by atoms with Crippen molar-refractivity contribution in [3.05, 3.63) is 0 Å². The first-order chi connectivity index (χ1) is 28.4. The van der Waals surface area contributed by atoms with Crippen molar-refractivity contribution in [2.45, 2.75) is 112 Å². The molecule has 0 saturated heterocycles. The summed E-state index contributed by atoms with van der Waals surface area (Å²) in [6.45, 7) is 21.7. The van der Waals surface area contributed by atoms with Crippen LogP contribution in [0.2, 0.25) is 0 Å². The lowest BCUT2D eigenvalue weighted by Gasteiger charge is -2.05. The Hall–Kier alpha value is -2.15. The lowest BCUT2D eigenvalue weighted by molar-refractivity contribution is -0.135. The van der Waals surface area contributed by atoms with Crippen molar-refractivity contribution in [2.75, 3.05) is 146 Å². The van der Waals surface area contributed by atoms with Crippen molar-refractivity contribution < 1.29 is 96.0 Å². The van der Waals surface area contributed by atoms with E-state index >= 15 is 0 Å². The Morgan fingerprint density at radius 1 is 0.279 bits per heavy atom. The van der Waals surface area contributed by atoms with Gasteiger partial charge in [0, 0.05) is 120 Å². The number of aliphatic carboxylic acids is 3. The third-order valence-electron chi connectivity index (χ3n) is 5.63. The summed E-state index contributed by atoms with van der Waals surface area (Å²) in [5, 5.41) is 22.2. The van der Waals surface area contributed by atoms with Crippen LogP contribution in [0.1, 0.15) is 69.2 Å². The molecular formula is C41H96O20. The third kappa shape index (κ3) is 167. The standard InChI is InChI=1S/7C5H12O2.3C2H4O2/c7*1-5(7-3)4-6-2;3*1-2(3)4/h7*5H,4H2,1-3H3;3*1H3,(H,3,4). The van der Waals surface area contributed by atoms with E-state index < -0.39 is 17.9 Å². The molecule has 0 aromatic rings. The molecule has 0 rings (SSSR count). The van der Waals surface area contributed by atoms with Crippen LogP contribution in [0.15, 0.2) is 0 Å². The fraction of sp³-hybridized carbons (Fsp3) is 0.927. The molecule has 0 aliphatic rings. The van der Waals surface area contributed by atoms with Crippen molar-refractivity contribution >= 4 is 17.9 Å². The molecule has 380 valence electrons. The first-order valence-electron chi connectivity index (χ1n) is 19.1. The number of ether oxygens (including phenoxy) is 14. The Kier molecular flexibility index (Phi) is 106. The van der Waals surface area contributed by atoms with Gasteiger partial charge in [0.05, 0.1) is 89.0 Å². The molecular weight excluding hydrogens is 812 g/mol. The highest BCUT2D eigenvalue weighted by atomic mass is 16.5. The average molecular weight is 909 g/mol. The van der Waals surface area contributed by atoms with E-state index in [1.54, 1.807) is 99.5 Å². The fourth-order valence-corrected chi connectivity index (χ4v) is 2.12. The first kappa shape index (κ1) is 82.5. The van der Waals surface area contributed by atoms with Crippen LogP contribution in [0.4, 0.5) is 0 Å². The molecule has 0 spiro atoms. The lowest BCUT2D eigenvalue weighted by Crippen LogP contribution is -2.11. The van der Waals surface area contributed by atoms with E-state index in [2.05, 4.69) is 0 Å². The molecule has 0 amide bonds. The van der Waals surface area contributed by atoms with Crippen LogP contribution >= 0.6 is 0 Å². The number of methoxy groups -OCH3 is 14. The van der Waals surface area contributed by atoms with E-state index in [-0.39, 0.29) is 42.7 Å². The van der Waals surface area contributed by atoms with E-state index in [1.165, 1.54) is 0 Å². The van der Waals surface area contributed by atoms with Crippen LogP contribution < -0.4 is 0 Å². The van der Waals surface area contributed by atoms with E-state index in [4.69, 9.17) is 96.0 Å². The second-order valence-electron chi connectivity index (χ2n) is 12.1. The molecule has 0 fully saturated rings. The van der Waals surface area contributed by atoms with E-state index in [0.717, 1.165) is 20.8 Å². The number of carboxylic acids is 3. The summed E-state index contributed by atoms with van der Waals surface area (Å²) in [5.41, 5.74) is 0. The smallest absolute Gasteiger partial charge is 0.300 e. The number of hydrogen-bond donors (Lipinski definition) is 3. The summed E-state index contributed by atoms with van der Waals surface area (Å²) >= 11 is 0. The van der Waals surface area contributed by atoms with Crippen molar-refractivity contribution in [3.8, 4) is 0 Å². The van der Waals surface area contributed by atoms with Gasteiger partial charge in [-0.15, -0.1) is 0 Å². The predicted octanol–water partition coefficient (Wildman–Crippen LogP) is 4.95. The van der Waals surface area contributed by atoms with Gasteiger partial charge in [-0.1, -0.05) is 0 Å². The van der Waals surface area contributed by atoms with Crippen molar-refractivity contribution in [1.82, 2.24) is 0 Å². The second-order valence-corrected chi connectivity index (χ2v) is 12.1. The molecule has 7 atom stereocenters. The lowest BCUT2D eigenvalue weighted by atomic mass is 10.4. The largest absolute Gasteiger partial charge is 0.481 e. The molecule has 0 saturated carbocycles. The molecule has 7 unspecified atom stereocenters. The van der Waals surface area contributed by atoms with Gasteiger partial charge in [0.1, 0.15) is 0 Å². The molecule has 0 aromatic carbocycles. The maximum atomic E-state index is 9.00. The van der Waals surface area contributed by atoms with Crippen molar-refractivity contribution in [3.63, 3.8) is 0 Å². The quantitative estimate of drug-likeness (QED) is 0.138. The Bertz CT molecular complexity index is 594. The maximum Gasteiger partial charge on any atom is 0.300 e. The zero-order chi connectivity index (χ0) is 50.6. The Labute approximate surface area is 371 Å². The number of hydrogen-bond acceptors (Lipinski definition) is 17. The SMILES string of the molecule is CC(=O)O.CC(=O)O.CC(=O)O.COCC(C)OC.COCC(C)OC.COCC(C)OC.COCC(C)OC.COCC(C)OC.COCC(C)OC.COCC(C)OC. The van der Waals surface area contributed by atoms with Gasteiger partial charge >= 0.3 is 0 Å². The van der Waals surface area contributed by atoms with Gasteiger partial charge in [-0.05, 0) is 48.5 Å². The van der Waals surface area contributed by atoms with Gasteiger partial charge in [-0.25, -0.2) is 0 Å². The van der Waals surface area contributed by atoms with Crippen LogP contribution in [-0.2, 0) is 80.7 Å². The predicted molar refractivity (Wildman–Crippen MR) is 238 cm³/mol. The van der Waals surface area contributed by atoms with E-state index in [9.17, 15) is 0 Å². The monoisotopic (exact) mass is 909 g/mol. The van der Waals surface area contributed by atoms with Gasteiger partial charge in [0.15, 0.2) is 0 Å². The van der Waals surface area contributed by atoms with Crippen LogP contribution in [-0.4, -0.2) is 222 Å². The minimum Gasteiger partial charge on any atom is -0.481 e. The van der Waals surface area contributed by atoms with E-state index in [0.29, 0.717) is 46.2 Å². The Morgan fingerprint density at radius 2 is 0.344 bits per heavy atom. The summed E-state index contributed by atoms with van der Waals surface area (Å²) < 4.78 is 67.4. The summed E-state index contributed by atoms with van der Waals surface area (Å²) in [6, 6.07) is 0. The summed E-state index contributed by atoms with van der Waals surface area (Å²) in [4.78, 5) is 27.0. The molecule has 3 N–H and O–H groups in total. The first-order valence-corrected chi connectivity index (χ1v) is 19.1. The van der Waals surface area contributed by atoms with Crippen LogP contribution in [0.5, 0.6) is 0 Å². The van der Waals surface area contributed by atoms with Gasteiger partial charge in [0.2, 0.25) is 0 Å². The average Bonchev–Trinajstić information content (AvgIpc) is 3.19. The topological polar surface area (TPSA) is 241 Å². The van der Waals surface area contributed by atoms with Crippen molar-refractivity contribution in [2.24, 2.45) is 0 Å². The summed E-state index contributed by atoms with van der Waals surface area (Å²) in [6.07, 6.45) is 1.59. The Morgan fingerprint density at radius 3 is 0.361 bits per heavy atom. The zero-order valence-corrected chi connectivity index (χ0v) is 42.8. The minimum absolute atomic E-state index is 0.227. The highest BCUT2D eigenvalue weighted by molar-refractivity contribution is 5.63. The van der Waals surface area contributed by atoms with E-state index in [1.807, 2.05) is 48.5 Å². The third-order valence-corrected chi connectivity index (χ3v) is 5.63. The highest BCUT2D eigenvalue weighted by Crippen LogP contribution is 1.88. The highest BCUT2D eigenvalue weighted by Gasteiger charge is 1.96. The molecule has 20 heteroatoms. The molecule has 0 heterocycles. The summed E-state index contributed by atoms with van der Waals surface area (Å²) in [5.74, 6) is -2.50. The molecule has 0 bridgehead atoms. The van der Waals surface area contributed by atoms with Crippen LogP contribution in [0, 0.1) is 0 Å². The van der Waals surface area contributed by atoms with Gasteiger partial charge in [0.25, 0.3) is 17.9 Å². The molecule has 0 radical (unpaired) electrons. The fourth-order valence-electron chi connectivity index (χ4n) is 2.12. The van der Waals surface area contributed by atoms with Gasteiger partial charge < -0.3 is 81.6 Å². The molecule has 61 heavy (non-hydrogen) atoms.